The van der Waals surface area contributed by atoms with Crippen LogP contribution in [0, 0.1) is 13.8 Å². The molecule has 90 valence electrons. The second-order valence-electron chi connectivity index (χ2n) is 3.83. The summed E-state index contributed by atoms with van der Waals surface area (Å²) in [5.41, 5.74) is 5.18. The SMILES string of the molecule is Cc1ccc(C)c(SCc2cnc(NN)s2)c1. The van der Waals surface area contributed by atoms with Gasteiger partial charge in [0.2, 0.25) is 0 Å². The number of thioether (sulfide) groups is 1. The van der Waals surface area contributed by atoms with Gasteiger partial charge in [-0.25, -0.2) is 10.8 Å². The molecule has 0 saturated heterocycles. The molecule has 2 aromatic rings. The van der Waals surface area contributed by atoms with Crippen molar-refractivity contribution in [2.45, 2.75) is 24.5 Å². The molecule has 0 unspecified atom stereocenters. The summed E-state index contributed by atoms with van der Waals surface area (Å²) in [7, 11) is 0. The zero-order valence-electron chi connectivity index (χ0n) is 9.86. The first-order chi connectivity index (χ1) is 8.19. The van der Waals surface area contributed by atoms with E-state index in [-0.39, 0.29) is 0 Å². The molecule has 0 aliphatic carbocycles. The maximum absolute atomic E-state index is 5.31. The lowest BCUT2D eigenvalue weighted by atomic mass is 10.2. The average Bonchev–Trinajstić information content (AvgIpc) is 2.78. The summed E-state index contributed by atoms with van der Waals surface area (Å²) in [6.45, 7) is 4.26. The van der Waals surface area contributed by atoms with Crippen LogP contribution in [0.15, 0.2) is 29.3 Å². The third kappa shape index (κ3) is 3.21. The van der Waals surface area contributed by atoms with Crippen LogP contribution in [0.25, 0.3) is 0 Å². The van der Waals surface area contributed by atoms with Gasteiger partial charge in [-0.1, -0.05) is 17.7 Å². The van der Waals surface area contributed by atoms with Crippen LogP contribution in [-0.2, 0) is 5.75 Å². The van der Waals surface area contributed by atoms with E-state index in [9.17, 15) is 0 Å². The molecule has 0 aliphatic heterocycles. The number of hydrazine groups is 1. The molecule has 1 aromatic heterocycles. The molecule has 17 heavy (non-hydrogen) atoms. The lowest BCUT2D eigenvalue weighted by Gasteiger charge is -2.05. The number of thiazole rings is 1. The number of aryl methyl sites for hydroxylation is 2. The monoisotopic (exact) mass is 265 g/mol. The number of nitrogens with two attached hydrogens (primary N) is 1. The maximum atomic E-state index is 5.31. The van der Waals surface area contributed by atoms with Crippen molar-refractivity contribution in [1.29, 1.82) is 0 Å². The van der Waals surface area contributed by atoms with Gasteiger partial charge >= 0.3 is 0 Å². The van der Waals surface area contributed by atoms with E-state index in [4.69, 9.17) is 5.84 Å². The van der Waals surface area contributed by atoms with E-state index in [0.717, 1.165) is 10.9 Å². The highest BCUT2D eigenvalue weighted by Gasteiger charge is 2.04. The minimum Gasteiger partial charge on any atom is -0.300 e. The molecule has 1 heterocycles. The predicted octanol–water partition coefficient (Wildman–Crippen LogP) is 3.34. The summed E-state index contributed by atoms with van der Waals surface area (Å²) in [5, 5.41) is 0.765. The van der Waals surface area contributed by atoms with Gasteiger partial charge in [0.1, 0.15) is 0 Å². The Morgan fingerprint density at radius 1 is 1.41 bits per heavy atom. The van der Waals surface area contributed by atoms with E-state index in [0.29, 0.717) is 0 Å². The molecule has 2 rings (SSSR count). The fourth-order valence-corrected chi connectivity index (χ4v) is 3.32. The largest absolute Gasteiger partial charge is 0.300 e. The van der Waals surface area contributed by atoms with Crippen LogP contribution < -0.4 is 11.3 Å². The number of hydrogen-bond donors (Lipinski definition) is 2. The summed E-state index contributed by atoms with van der Waals surface area (Å²) < 4.78 is 0. The van der Waals surface area contributed by atoms with E-state index >= 15 is 0 Å². The molecule has 1 aromatic carbocycles. The topological polar surface area (TPSA) is 50.9 Å². The maximum Gasteiger partial charge on any atom is 0.197 e. The molecule has 3 nitrogen and oxygen atoms in total. The number of aromatic nitrogens is 1. The van der Waals surface area contributed by atoms with Crippen LogP contribution in [0.3, 0.4) is 0 Å². The predicted molar refractivity (Wildman–Crippen MR) is 75.4 cm³/mol. The Hall–Kier alpha value is -1.04. The molecular formula is C12H15N3S2. The van der Waals surface area contributed by atoms with Gasteiger partial charge in [0.05, 0.1) is 0 Å². The molecule has 3 N–H and O–H groups in total. The molecule has 0 atom stereocenters. The molecule has 0 bridgehead atoms. The normalized spacial score (nSPS) is 10.5. The second kappa shape index (κ2) is 5.53. The van der Waals surface area contributed by atoms with E-state index < -0.39 is 0 Å². The van der Waals surface area contributed by atoms with Crippen molar-refractivity contribution in [3.05, 3.63) is 40.4 Å². The van der Waals surface area contributed by atoms with Gasteiger partial charge in [0.25, 0.3) is 0 Å². The Morgan fingerprint density at radius 2 is 2.24 bits per heavy atom. The Bertz CT molecular complexity index is 508. The smallest absolute Gasteiger partial charge is 0.197 e. The fourth-order valence-electron chi connectivity index (χ4n) is 1.45. The lowest BCUT2D eigenvalue weighted by Crippen LogP contribution is -2.05. The molecule has 0 saturated carbocycles. The molecule has 0 amide bonds. The van der Waals surface area contributed by atoms with Gasteiger partial charge < -0.3 is 0 Å². The van der Waals surface area contributed by atoms with Gasteiger partial charge in [0.15, 0.2) is 5.13 Å². The third-order valence-electron chi connectivity index (χ3n) is 2.39. The van der Waals surface area contributed by atoms with Crippen molar-refractivity contribution < 1.29 is 0 Å². The highest BCUT2D eigenvalue weighted by molar-refractivity contribution is 7.98. The molecular weight excluding hydrogens is 250 g/mol. The second-order valence-corrected chi connectivity index (χ2v) is 5.97. The highest BCUT2D eigenvalue weighted by Crippen LogP contribution is 2.29. The number of nitrogens with zero attached hydrogens (tertiary/aromatic N) is 1. The van der Waals surface area contributed by atoms with Crippen LogP contribution in [-0.4, -0.2) is 4.98 Å². The average molecular weight is 265 g/mol. The quantitative estimate of drug-likeness (QED) is 0.506. The van der Waals surface area contributed by atoms with Crippen molar-refractivity contribution in [3.8, 4) is 0 Å². The van der Waals surface area contributed by atoms with E-state index in [1.54, 1.807) is 11.3 Å². The Kier molecular flexibility index (Phi) is 4.04. The van der Waals surface area contributed by atoms with Crippen LogP contribution in [0.4, 0.5) is 5.13 Å². The van der Waals surface area contributed by atoms with E-state index in [2.05, 4.69) is 42.5 Å². The summed E-state index contributed by atoms with van der Waals surface area (Å²) >= 11 is 3.43. The lowest BCUT2D eigenvalue weighted by molar-refractivity contribution is 1.25. The zero-order valence-corrected chi connectivity index (χ0v) is 11.5. The van der Waals surface area contributed by atoms with Crippen LogP contribution in [0.1, 0.15) is 16.0 Å². The van der Waals surface area contributed by atoms with Crippen LogP contribution in [0.5, 0.6) is 0 Å². The van der Waals surface area contributed by atoms with Gasteiger partial charge in [-0.2, -0.15) is 0 Å². The van der Waals surface area contributed by atoms with Gasteiger partial charge in [-0.05, 0) is 25.5 Å². The molecule has 0 radical (unpaired) electrons. The Balaban J connectivity index is 2.04. The summed E-state index contributed by atoms with van der Waals surface area (Å²) in [4.78, 5) is 6.72. The van der Waals surface area contributed by atoms with Gasteiger partial charge in [-0.15, -0.1) is 23.1 Å². The highest BCUT2D eigenvalue weighted by atomic mass is 32.2. The molecule has 0 fully saturated rings. The first-order valence-electron chi connectivity index (χ1n) is 5.30. The van der Waals surface area contributed by atoms with Gasteiger partial charge in [0, 0.05) is 21.7 Å². The number of nitrogens with one attached hydrogen (secondary N) is 1. The molecule has 5 heteroatoms. The van der Waals surface area contributed by atoms with E-state index in [1.807, 2.05) is 18.0 Å². The minimum absolute atomic E-state index is 0.765. The number of rotatable bonds is 4. The molecule has 0 aliphatic rings. The summed E-state index contributed by atoms with van der Waals surface area (Å²) in [6, 6.07) is 6.53. The number of benzene rings is 1. The Labute approximate surface area is 109 Å². The first kappa shape index (κ1) is 12.4. The van der Waals surface area contributed by atoms with Crippen molar-refractivity contribution >= 4 is 28.2 Å². The Morgan fingerprint density at radius 3 is 2.94 bits per heavy atom. The molecule has 0 spiro atoms. The van der Waals surface area contributed by atoms with Crippen molar-refractivity contribution in [1.82, 2.24) is 4.98 Å². The number of hydrogen-bond acceptors (Lipinski definition) is 5. The number of nitrogen functional groups attached to an aromatic ring is 1. The summed E-state index contributed by atoms with van der Waals surface area (Å²) in [6.07, 6.45) is 1.87. The number of anilines is 1. The first-order valence-corrected chi connectivity index (χ1v) is 7.10. The fraction of sp³-hybridized carbons (Fsp3) is 0.250. The third-order valence-corrected chi connectivity index (χ3v) is 4.71. The van der Waals surface area contributed by atoms with Crippen molar-refractivity contribution in [2.24, 2.45) is 5.84 Å². The minimum atomic E-state index is 0.765. The standard InChI is InChI=1S/C12H15N3S2/c1-8-3-4-9(2)11(5-8)16-7-10-6-14-12(15-13)17-10/h3-6H,7,13H2,1-2H3,(H,14,15). The van der Waals surface area contributed by atoms with E-state index in [1.165, 1.54) is 20.9 Å². The summed E-state index contributed by atoms with van der Waals surface area (Å²) in [5.74, 6) is 6.24. The van der Waals surface area contributed by atoms with Crippen molar-refractivity contribution in [2.75, 3.05) is 5.43 Å². The zero-order chi connectivity index (χ0) is 12.3. The van der Waals surface area contributed by atoms with Crippen LogP contribution >= 0.6 is 23.1 Å². The van der Waals surface area contributed by atoms with Gasteiger partial charge in [-0.3, -0.25) is 5.43 Å². The van der Waals surface area contributed by atoms with Crippen molar-refractivity contribution in [3.63, 3.8) is 0 Å². The van der Waals surface area contributed by atoms with Crippen LogP contribution in [0.2, 0.25) is 0 Å².